The molecule has 34 valence electrons. The third kappa shape index (κ3) is 0.597. The third-order valence-electron chi connectivity index (χ3n) is 0.415. The van der Waals surface area contributed by atoms with E-state index in [2.05, 4.69) is 22.9 Å². The van der Waals surface area contributed by atoms with Gasteiger partial charge in [-0.1, -0.05) is 0 Å². The standard InChI is InChI=1S/C3H6N2S/c6-3-4-1-2-5-3/h1-2H2,(H2,4,5,6)/i1D2,2D2. The third-order valence-corrected chi connectivity index (χ3v) is 0.619. The topological polar surface area (TPSA) is 24.1 Å². The lowest BCUT2D eigenvalue weighted by Gasteiger charge is -1.85. The maximum absolute atomic E-state index is 7.05. The van der Waals surface area contributed by atoms with E-state index in [9.17, 15) is 0 Å². The van der Waals surface area contributed by atoms with Gasteiger partial charge in [0.1, 0.15) is 0 Å². The Balaban J connectivity index is 2.88. The molecule has 0 amide bonds. The second-order valence-corrected chi connectivity index (χ2v) is 1.24. The molecule has 0 spiro atoms. The number of hydrogen-bond donors (Lipinski definition) is 2. The van der Waals surface area contributed by atoms with Gasteiger partial charge in [-0.25, -0.2) is 0 Å². The number of nitrogens with one attached hydrogen (secondary N) is 2. The fourth-order valence-corrected chi connectivity index (χ4v) is 0.309. The minimum Gasteiger partial charge on any atom is -0.361 e. The van der Waals surface area contributed by atoms with Crippen LogP contribution in [0.4, 0.5) is 0 Å². The van der Waals surface area contributed by atoms with Crippen LogP contribution in [0, 0.1) is 0 Å². The van der Waals surface area contributed by atoms with Crippen LogP contribution in [0.3, 0.4) is 0 Å². The van der Waals surface area contributed by atoms with Crippen LogP contribution in [0.5, 0.6) is 0 Å². The van der Waals surface area contributed by atoms with E-state index >= 15 is 0 Å². The molecule has 0 aromatic heterocycles. The first-order valence-corrected chi connectivity index (χ1v) is 1.86. The van der Waals surface area contributed by atoms with Gasteiger partial charge >= 0.3 is 0 Å². The van der Waals surface area contributed by atoms with Crippen LogP contribution in [-0.4, -0.2) is 18.1 Å². The molecule has 0 atom stereocenters. The Kier molecular flexibility index (Phi) is 0.317. The Morgan fingerprint density at radius 1 is 1.67 bits per heavy atom. The summed E-state index contributed by atoms with van der Waals surface area (Å²) in [5.74, 6) is 0. The van der Waals surface area contributed by atoms with Crippen molar-refractivity contribution < 1.29 is 5.48 Å². The molecule has 6 heavy (non-hydrogen) atoms. The lowest BCUT2D eigenvalue weighted by atomic mass is 10.7. The van der Waals surface area contributed by atoms with Crippen molar-refractivity contribution in [2.75, 3.05) is 13.0 Å². The van der Waals surface area contributed by atoms with E-state index in [1.165, 1.54) is 0 Å². The first kappa shape index (κ1) is 1.33. The summed E-state index contributed by atoms with van der Waals surface area (Å²) in [4.78, 5) is 0. The molecule has 2 nitrogen and oxygen atoms in total. The second-order valence-electron chi connectivity index (χ2n) is 0.829. The highest BCUT2D eigenvalue weighted by atomic mass is 32.1. The van der Waals surface area contributed by atoms with Gasteiger partial charge in [-0.05, 0) is 12.2 Å². The van der Waals surface area contributed by atoms with Crippen LogP contribution in [0.15, 0.2) is 0 Å². The Labute approximate surface area is 47.5 Å². The van der Waals surface area contributed by atoms with Gasteiger partial charge in [-0.3, -0.25) is 0 Å². The monoisotopic (exact) mass is 106 g/mol. The first-order chi connectivity index (χ1) is 4.35. The highest BCUT2D eigenvalue weighted by Crippen LogP contribution is 1.71. The Morgan fingerprint density at radius 2 is 2.17 bits per heavy atom. The zero-order chi connectivity index (χ0) is 7.99. The molecule has 0 saturated carbocycles. The number of hydrogen-bond acceptors (Lipinski definition) is 1. The zero-order valence-electron chi connectivity index (χ0n) is 6.91. The molecule has 1 rings (SSSR count). The second kappa shape index (κ2) is 1.43. The maximum Gasteiger partial charge on any atom is 0.166 e. The molecule has 1 saturated heterocycles. The molecular formula is C3H6N2S. The summed E-state index contributed by atoms with van der Waals surface area (Å²) in [5.41, 5.74) is 0. The summed E-state index contributed by atoms with van der Waals surface area (Å²) in [7, 11) is 0. The number of rotatable bonds is 0. The van der Waals surface area contributed by atoms with Gasteiger partial charge < -0.3 is 10.6 Å². The summed E-state index contributed by atoms with van der Waals surface area (Å²) in [6.07, 6.45) is 0. The van der Waals surface area contributed by atoms with Gasteiger partial charge in [0.15, 0.2) is 5.11 Å². The maximum atomic E-state index is 7.05. The first-order valence-electron chi connectivity index (χ1n) is 3.45. The van der Waals surface area contributed by atoms with Gasteiger partial charge in [-0.15, -0.1) is 0 Å². The van der Waals surface area contributed by atoms with Crippen molar-refractivity contribution in [3.63, 3.8) is 0 Å². The molecule has 1 aliphatic rings. The van der Waals surface area contributed by atoms with Crippen molar-refractivity contribution >= 4 is 17.3 Å². The average Bonchev–Trinajstić information content (AvgIpc) is 1.73. The van der Waals surface area contributed by atoms with E-state index in [0.717, 1.165) is 0 Å². The van der Waals surface area contributed by atoms with Crippen molar-refractivity contribution in [3.8, 4) is 0 Å². The molecule has 0 aromatic rings. The molecule has 0 bridgehead atoms. The summed E-state index contributed by atoms with van der Waals surface area (Å²) in [6.45, 7) is -4.21. The Bertz CT molecular complexity index is 161. The SMILES string of the molecule is [2H]C1([2H])NC(=S)NC1([2H])[2H]. The molecule has 0 aliphatic carbocycles. The van der Waals surface area contributed by atoms with E-state index in [1.54, 1.807) is 0 Å². The number of thiocarbonyl (C=S) groups is 1. The van der Waals surface area contributed by atoms with E-state index in [-0.39, 0.29) is 5.11 Å². The molecular weight excluding hydrogens is 96.1 g/mol. The average molecular weight is 106 g/mol. The van der Waals surface area contributed by atoms with Crippen molar-refractivity contribution in [3.05, 3.63) is 0 Å². The van der Waals surface area contributed by atoms with Crippen molar-refractivity contribution in [2.45, 2.75) is 0 Å². The Morgan fingerprint density at radius 3 is 2.33 bits per heavy atom. The predicted molar refractivity (Wildman–Crippen MR) is 28.6 cm³/mol. The quantitative estimate of drug-likeness (QED) is 0.406. The molecule has 0 aromatic carbocycles. The van der Waals surface area contributed by atoms with Crippen LogP contribution in [0.25, 0.3) is 0 Å². The lowest BCUT2D eigenvalue weighted by Crippen LogP contribution is -2.19. The van der Waals surface area contributed by atoms with E-state index in [1.807, 2.05) is 0 Å². The summed E-state index contributed by atoms with van der Waals surface area (Å²) in [5, 5.41) is 4.33. The molecule has 1 fully saturated rings. The van der Waals surface area contributed by atoms with Gasteiger partial charge in [-0.2, -0.15) is 0 Å². The van der Waals surface area contributed by atoms with Crippen LogP contribution >= 0.6 is 12.2 Å². The smallest absolute Gasteiger partial charge is 0.166 e. The summed E-state index contributed by atoms with van der Waals surface area (Å²) in [6, 6.07) is 0. The molecule has 2 N–H and O–H groups in total. The fraction of sp³-hybridized carbons (Fsp3) is 0.667. The molecule has 0 radical (unpaired) electrons. The molecule has 3 heteroatoms. The van der Waals surface area contributed by atoms with Gasteiger partial charge in [0.05, 0.1) is 5.48 Å². The van der Waals surface area contributed by atoms with E-state index in [0.29, 0.717) is 0 Å². The highest BCUT2D eigenvalue weighted by Gasteiger charge is 1.98. The molecule has 0 unspecified atom stereocenters. The Hall–Kier alpha value is -0.310. The largest absolute Gasteiger partial charge is 0.361 e. The summed E-state index contributed by atoms with van der Waals surface area (Å²) >= 11 is 4.51. The highest BCUT2D eigenvalue weighted by molar-refractivity contribution is 7.80. The van der Waals surface area contributed by atoms with Gasteiger partial charge in [0.25, 0.3) is 0 Å². The van der Waals surface area contributed by atoms with Crippen LogP contribution in [0.1, 0.15) is 5.48 Å². The van der Waals surface area contributed by atoms with E-state index in [4.69, 9.17) is 5.48 Å². The normalized spacial score (nSPS) is 46.3. The van der Waals surface area contributed by atoms with Crippen molar-refractivity contribution in [2.24, 2.45) is 0 Å². The minimum absolute atomic E-state index is 0.00926. The van der Waals surface area contributed by atoms with Gasteiger partial charge in [0.2, 0.25) is 0 Å². The predicted octanol–water partition coefficient (Wildman–Crippen LogP) is -0.536. The molecule has 1 heterocycles. The lowest BCUT2D eigenvalue weighted by molar-refractivity contribution is 0.942. The molecule has 1 aliphatic heterocycles. The van der Waals surface area contributed by atoms with E-state index < -0.39 is 13.0 Å². The fourth-order valence-electron chi connectivity index (χ4n) is 0.207. The van der Waals surface area contributed by atoms with Crippen LogP contribution in [0.2, 0.25) is 0 Å². The van der Waals surface area contributed by atoms with Crippen LogP contribution < -0.4 is 10.6 Å². The summed E-state index contributed by atoms with van der Waals surface area (Å²) < 4.78 is 28.2. The van der Waals surface area contributed by atoms with Crippen molar-refractivity contribution in [1.82, 2.24) is 10.6 Å². The zero-order valence-corrected chi connectivity index (χ0v) is 3.72. The minimum atomic E-state index is -2.11. The van der Waals surface area contributed by atoms with Gasteiger partial charge in [0, 0.05) is 13.0 Å². The van der Waals surface area contributed by atoms with Crippen molar-refractivity contribution in [1.29, 1.82) is 0 Å². The van der Waals surface area contributed by atoms with Crippen LogP contribution in [-0.2, 0) is 0 Å².